The number of nitrogens with one attached hydrogen (secondary N) is 2. The van der Waals surface area contributed by atoms with Gasteiger partial charge in [0.25, 0.3) is 5.56 Å². The smallest absolute Gasteiger partial charge is 0.409 e. The first kappa shape index (κ1) is 11.8. The lowest BCUT2D eigenvalue weighted by Crippen LogP contribution is -2.18. The number of aromatic amines is 1. The number of rotatable bonds is 2. The van der Waals surface area contributed by atoms with E-state index in [0.717, 1.165) is 5.69 Å². The van der Waals surface area contributed by atoms with Gasteiger partial charge in [-0.1, -0.05) is 0 Å². The van der Waals surface area contributed by atoms with E-state index in [4.69, 9.17) is 5.11 Å². The van der Waals surface area contributed by atoms with Crippen molar-refractivity contribution in [1.82, 2.24) is 15.2 Å². The number of nitrogens with zero attached hydrogens (tertiary/aromatic N) is 2. The Kier molecular flexibility index (Phi) is 3.05. The van der Waals surface area contributed by atoms with E-state index >= 15 is 0 Å². The maximum atomic E-state index is 11.6. The third kappa shape index (κ3) is 2.51. The molecule has 0 aliphatic heterocycles. The third-order valence-corrected chi connectivity index (χ3v) is 2.22. The lowest BCUT2D eigenvalue weighted by atomic mass is 10.2. The highest BCUT2D eigenvalue weighted by Crippen LogP contribution is 2.12. The van der Waals surface area contributed by atoms with E-state index in [1.165, 1.54) is 6.07 Å². The quantitative estimate of drug-likeness (QED) is 0.738. The number of hydrogen-bond donors (Lipinski definition) is 3. The Morgan fingerprint density at radius 2 is 2.06 bits per heavy atom. The van der Waals surface area contributed by atoms with Gasteiger partial charge in [0.1, 0.15) is 11.4 Å². The number of anilines is 1. The molecule has 7 nitrogen and oxygen atoms in total. The minimum atomic E-state index is -1.29. The Labute approximate surface area is 102 Å². The monoisotopic (exact) mass is 246 g/mol. The predicted molar refractivity (Wildman–Crippen MR) is 64.5 cm³/mol. The van der Waals surface area contributed by atoms with Crippen LogP contribution in [0.15, 0.2) is 29.1 Å². The first-order valence-electron chi connectivity index (χ1n) is 5.10. The van der Waals surface area contributed by atoms with E-state index in [0.29, 0.717) is 11.4 Å². The van der Waals surface area contributed by atoms with Gasteiger partial charge in [0.15, 0.2) is 0 Å². The SMILES string of the molecule is Cc1ccc(-c2ccc(NC(=O)O)c(=O)[nH]2)nn1. The fourth-order valence-corrected chi connectivity index (χ4v) is 1.38. The molecular formula is C11H10N4O3. The van der Waals surface area contributed by atoms with Gasteiger partial charge in [-0.3, -0.25) is 10.1 Å². The van der Waals surface area contributed by atoms with Crippen molar-refractivity contribution in [3.8, 4) is 11.4 Å². The molecule has 2 rings (SSSR count). The molecule has 0 radical (unpaired) electrons. The van der Waals surface area contributed by atoms with Crippen LogP contribution in [0.25, 0.3) is 11.4 Å². The van der Waals surface area contributed by atoms with Crippen LogP contribution in [0.2, 0.25) is 0 Å². The highest BCUT2D eigenvalue weighted by Gasteiger charge is 2.06. The highest BCUT2D eigenvalue weighted by molar-refractivity contribution is 5.82. The maximum absolute atomic E-state index is 11.6. The molecule has 92 valence electrons. The molecule has 1 amide bonds. The normalized spacial score (nSPS) is 10.1. The Morgan fingerprint density at radius 1 is 1.28 bits per heavy atom. The van der Waals surface area contributed by atoms with Crippen molar-refractivity contribution in [3.05, 3.63) is 40.3 Å². The zero-order chi connectivity index (χ0) is 13.1. The molecule has 2 aromatic heterocycles. The number of aromatic nitrogens is 3. The van der Waals surface area contributed by atoms with Crippen LogP contribution >= 0.6 is 0 Å². The fourth-order valence-electron chi connectivity index (χ4n) is 1.38. The largest absolute Gasteiger partial charge is 0.465 e. The van der Waals surface area contributed by atoms with Crippen molar-refractivity contribution < 1.29 is 9.90 Å². The maximum Gasteiger partial charge on any atom is 0.409 e. The summed E-state index contributed by atoms with van der Waals surface area (Å²) in [5.41, 5.74) is 1.19. The number of hydrogen-bond acceptors (Lipinski definition) is 4. The van der Waals surface area contributed by atoms with Gasteiger partial charge in [0.2, 0.25) is 0 Å². The van der Waals surface area contributed by atoms with E-state index in [1.54, 1.807) is 25.1 Å². The molecular weight excluding hydrogens is 236 g/mol. The van der Waals surface area contributed by atoms with E-state index in [-0.39, 0.29) is 5.69 Å². The van der Waals surface area contributed by atoms with Gasteiger partial charge in [-0.25, -0.2) is 4.79 Å². The van der Waals surface area contributed by atoms with E-state index in [1.807, 2.05) is 5.32 Å². The topological polar surface area (TPSA) is 108 Å². The van der Waals surface area contributed by atoms with Crippen LogP contribution in [-0.4, -0.2) is 26.4 Å². The van der Waals surface area contributed by atoms with Crippen LogP contribution in [0, 0.1) is 6.92 Å². The molecule has 0 bridgehead atoms. The van der Waals surface area contributed by atoms with Gasteiger partial charge in [0.05, 0.1) is 11.4 Å². The first-order chi connectivity index (χ1) is 8.56. The van der Waals surface area contributed by atoms with Crippen LogP contribution in [-0.2, 0) is 0 Å². The van der Waals surface area contributed by atoms with Crippen LogP contribution in [0.1, 0.15) is 5.69 Å². The van der Waals surface area contributed by atoms with Crippen molar-refractivity contribution in [3.63, 3.8) is 0 Å². The molecule has 0 aromatic carbocycles. The number of H-pyrrole nitrogens is 1. The summed E-state index contributed by atoms with van der Waals surface area (Å²) in [5.74, 6) is 0. The highest BCUT2D eigenvalue weighted by atomic mass is 16.4. The lowest BCUT2D eigenvalue weighted by molar-refractivity contribution is 0.209. The van der Waals surface area contributed by atoms with Crippen molar-refractivity contribution >= 4 is 11.8 Å². The molecule has 3 N–H and O–H groups in total. The van der Waals surface area contributed by atoms with Crippen molar-refractivity contribution in [2.24, 2.45) is 0 Å². The number of amides is 1. The Balaban J connectivity index is 2.37. The molecule has 0 spiro atoms. The molecule has 0 aliphatic rings. The minimum absolute atomic E-state index is 0.0358. The van der Waals surface area contributed by atoms with E-state index in [9.17, 15) is 9.59 Å². The summed E-state index contributed by atoms with van der Waals surface area (Å²) in [6, 6.07) is 6.43. The molecule has 0 aliphatic carbocycles. The lowest BCUT2D eigenvalue weighted by Gasteiger charge is -2.03. The van der Waals surface area contributed by atoms with Gasteiger partial charge in [-0.2, -0.15) is 5.10 Å². The summed E-state index contributed by atoms with van der Waals surface area (Å²) in [7, 11) is 0. The summed E-state index contributed by atoms with van der Waals surface area (Å²) in [5, 5.41) is 18.3. The van der Waals surface area contributed by atoms with Gasteiger partial charge in [-0.15, -0.1) is 5.10 Å². The van der Waals surface area contributed by atoms with Crippen LogP contribution in [0.4, 0.5) is 10.5 Å². The molecule has 0 atom stereocenters. The Morgan fingerprint density at radius 3 is 2.61 bits per heavy atom. The number of aryl methyl sites for hydroxylation is 1. The van der Waals surface area contributed by atoms with Gasteiger partial charge in [-0.05, 0) is 31.2 Å². The molecule has 0 saturated carbocycles. The third-order valence-electron chi connectivity index (χ3n) is 2.22. The standard InChI is InChI=1S/C11H10N4O3/c1-6-2-3-8(15-14-6)7-4-5-9(10(16)12-7)13-11(17)18/h2-5,13H,1H3,(H,12,16)(H,17,18). The van der Waals surface area contributed by atoms with Gasteiger partial charge >= 0.3 is 6.09 Å². The Bertz CT molecular complexity index is 633. The first-order valence-corrected chi connectivity index (χ1v) is 5.10. The van der Waals surface area contributed by atoms with Crippen molar-refractivity contribution in [2.75, 3.05) is 5.32 Å². The Hall–Kier alpha value is -2.70. The summed E-state index contributed by atoms with van der Waals surface area (Å²) in [6.07, 6.45) is -1.29. The van der Waals surface area contributed by atoms with Crippen LogP contribution in [0.3, 0.4) is 0 Å². The molecule has 2 aromatic rings. The number of pyridine rings is 1. The molecule has 0 fully saturated rings. The zero-order valence-electron chi connectivity index (χ0n) is 9.47. The van der Waals surface area contributed by atoms with Crippen molar-refractivity contribution in [1.29, 1.82) is 0 Å². The van der Waals surface area contributed by atoms with E-state index < -0.39 is 11.7 Å². The molecule has 0 saturated heterocycles. The molecule has 0 unspecified atom stereocenters. The fraction of sp³-hybridized carbons (Fsp3) is 0.0909. The van der Waals surface area contributed by atoms with E-state index in [2.05, 4.69) is 15.2 Å². The van der Waals surface area contributed by atoms with Gasteiger partial charge < -0.3 is 10.1 Å². The second-order valence-corrected chi connectivity index (χ2v) is 3.60. The molecule has 7 heteroatoms. The number of carboxylic acid groups (broad SMARTS) is 1. The van der Waals surface area contributed by atoms with Crippen LogP contribution in [0.5, 0.6) is 0 Å². The average Bonchev–Trinajstić information content (AvgIpc) is 2.32. The molecule has 18 heavy (non-hydrogen) atoms. The summed E-state index contributed by atoms with van der Waals surface area (Å²) < 4.78 is 0. The summed E-state index contributed by atoms with van der Waals surface area (Å²) in [4.78, 5) is 24.5. The summed E-state index contributed by atoms with van der Waals surface area (Å²) >= 11 is 0. The second-order valence-electron chi connectivity index (χ2n) is 3.60. The van der Waals surface area contributed by atoms with Gasteiger partial charge in [0, 0.05) is 0 Å². The summed E-state index contributed by atoms with van der Waals surface area (Å²) in [6.45, 7) is 1.80. The zero-order valence-corrected chi connectivity index (χ0v) is 9.47. The second kappa shape index (κ2) is 4.66. The average molecular weight is 246 g/mol. The van der Waals surface area contributed by atoms with Crippen molar-refractivity contribution in [2.45, 2.75) is 6.92 Å². The van der Waals surface area contributed by atoms with Crippen LogP contribution < -0.4 is 10.9 Å². The minimum Gasteiger partial charge on any atom is -0.465 e. The predicted octanol–water partition coefficient (Wildman–Crippen LogP) is 1.23. The number of carbonyl (C=O) groups is 1. The molecule has 2 heterocycles.